The summed E-state index contributed by atoms with van der Waals surface area (Å²) in [7, 11) is 0. The van der Waals surface area contributed by atoms with Crippen LogP contribution < -0.4 is 9.80 Å². The fourth-order valence-electron chi connectivity index (χ4n) is 3.80. The second-order valence-corrected chi connectivity index (χ2v) is 7.68. The zero-order valence-electron chi connectivity index (χ0n) is 16.2. The maximum absolute atomic E-state index is 13.3. The number of anilines is 2. The van der Waals surface area contributed by atoms with E-state index in [0.29, 0.717) is 24.7 Å². The van der Waals surface area contributed by atoms with Gasteiger partial charge in [0, 0.05) is 38.2 Å². The zero-order valence-corrected chi connectivity index (χ0v) is 16.2. The molecule has 1 aliphatic carbocycles. The van der Waals surface area contributed by atoms with E-state index in [2.05, 4.69) is 24.8 Å². The van der Waals surface area contributed by atoms with E-state index in [1.54, 1.807) is 0 Å². The second kappa shape index (κ2) is 7.17. The molecule has 5 rings (SSSR count). The smallest absolute Gasteiger partial charge is 0.280 e. The topological polar surface area (TPSA) is 58.0 Å². The van der Waals surface area contributed by atoms with Crippen LogP contribution in [0.3, 0.4) is 0 Å². The van der Waals surface area contributed by atoms with E-state index in [-0.39, 0.29) is 11.6 Å². The first-order valence-electron chi connectivity index (χ1n) is 9.99. The van der Waals surface area contributed by atoms with E-state index in [9.17, 15) is 8.78 Å². The standard InChI is InChI=1S/C21H22F2N6/c1-13-21(26-16-5-3-2-4-15(16)24-13)29-10-8-28(9-11-29)18-12-17(19(22)23)25-20(27-18)14-6-7-14/h2-5,12,14,19H,6-11H2,1H3. The molecule has 3 aromatic rings. The normalized spacial score (nSPS) is 17.4. The largest absolute Gasteiger partial charge is 0.353 e. The van der Waals surface area contributed by atoms with Crippen molar-refractivity contribution in [1.82, 2.24) is 19.9 Å². The molecule has 29 heavy (non-hydrogen) atoms. The number of rotatable bonds is 4. The molecule has 6 nitrogen and oxygen atoms in total. The highest BCUT2D eigenvalue weighted by atomic mass is 19.3. The Balaban J connectivity index is 1.36. The summed E-state index contributed by atoms with van der Waals surface area (Å²) in [5.41, 5.74) is 2.49. The first-order valence-corrected chi connectivity index (χ1v) is 9.99. The minimum atomic E-state index is -2.58. The van der Waals surface area contributed by atoms with Crippen LogP contribution >= 0.6 is 0 Å². The van der Waals surface area contributed by atoms with Crippen molar-refractivity contribution in [3.63, 3.8) is 0 Å². The lowest BCUT2D eigenvalue weighted by molar-refractivity contribution is 0.145. The molecule has 8 heteroatoms. The van der Waals surface area contributed by atoms with E-state index in [4.69, 9.17) is 4.98 Å². The van der Waals surface area contributed by atoms with Gasteiger partial charge in [0.1, 0.15) is 17.3 Å². The highest BCUT2D eigenvalue weighted by molar-refractivity contribution is 5.76. The molecule has 0 spiro atoms. The van der Waals surface area contributed by atoms with Gasteiger partial charge in [-0.1, -0.05) is 12.1 Å². The summed E-state index contributed by atoms with van der Waals surface area (Å²) >= 11 is 0. The first kappa shape index (κ1) is 18.1. The predicted octanol–water partition coefficient (Wildman–Crippen LogP) is 3.87. The number of benzene rings is 1. The van der Waals surface area contributed by atoms with Gasteiger partial charge < -0.3 is 9.80 Å². The third kappa shape index (κ3) is 3.59. The van der Waals surface area contributed by atoms with Crippen molar-refractivity contribution < 1.29 is 8.78 Å². The van der Waals surface area contributed by atoms with Crippen LogP contribution in [0.4, 0.5) is 20.4 Å². The summed E-state index contributed by atoms with van der Waals surface area (Å²) in [5, 5.41) is 0. The van der Waals surface area contributed by atoms with Crippen LogP contribution in [-0.2, 0) is 0 Å². The summed E-state index contributed by atoms with van der Waals surface area (Å²) in [6, 6.07) is 9.28. The third-order valence-electron chi connectivity index (χ3n) is 5.54. The lowest BCUT2D eigenvalue weighted by atomic mass is 10.2. The molecule has 1 aliphatic heterocycles. The molecule has 1 saturated carbocycles. The molecule has 0 unspecified atom stereocenters. The van der Waals surface area contributed by atoms with Gasteiger partial charge in [-0.05, 0) is 31.9 Å². The Bertz CT molecular complexity index is 1020. The maximum Gasteiger partial charge on any atom is 0.280 e. The van der Waals surface area contributed by atoms with E-state index >= 15 is 0 Å². The average molecular weight is 396 g/mol. The summed E-state index contributed by atoms with van der Waals surface area (Å²) < 4.78 is 26.6. The van der Waals surface area contributed by atoms with Gasteiger partial charge in [-0.25, -0.2) is 28.7 Å². The van der Waals surface area contributed by atoms with Crippen LogP contribution in [0.15, 0.2) is 30.3 Å². The van der Waals surface area contributed by atoms with Gasteiger partial charge >= 0.3 is 0 Å². The fourth-order valence-corrected chi connectivity index (χ4v) is 3.80. The molecule has 0 amide bonds. The van der Waals surface area contributed by atoms with E-state index in [1.165, 1.54) is 6.07 Å². The number of hydrogen-bond donors (Lipinski definition) is 0. The fraction of sp³-hybridized carbons (Fsp3) is 0.429. The van der Waals surface area contributed by atoms with Gasteiger partial charge in [-0.15, -0.1) is 0 Å². The number of fused-ring (bicyclic) bond motifs is 1. The van der Waals surface area contributed by atoms with Crippen molar-refractivity contribution in [2.24, 2.45) is 0 Å². The summed E-state index contributed by atoms with van der Waals surface area (Å²) in [6.07, 6.45) is -0.606. The molecule has 150 valence electrons. The molecular formula is C21H22F2N6. The molecule has 2 aromatic heterocycles. The van der Waals surface area contributed by atoms with Crippen LogP contribution in [0.1, 0.15) is 42.4 Å². The Morgan fingerprint density at radius 2 is 1.55 bits per heavy atom. The number of alkyl halides is 2. The van der Waals surface area contributed by atoms with Gasteiger partial charge in [-0.3, -0.25) is 0 Å². The maximum atomic E-state index is 13.3. The summed E-state index contributed by atoms with van der Waals surface area (Å²) in [5.74, 6) is 2.30. The molecule has 2 fully saturated rings. The Kier molecular flexibility index (Phi) is 4.49. The van der Waals surface area contributed by atoms with E-state index in [0.717, 1.165) is 48.5 Å². The number of para-hydroxylation sites is 2. The van der Waals surface area contributed by atoms with Crippen molar-refractivity contribution in [1.29, 1.82) is 0 Å². The molecule has 1 aromatic carbocycles. The minimum absolute atomic E-state index is 0.171. The predicted molar refractivity (Wildman–Crippen MR) is 108 cm³/mol. The molecule has 3 heterocycles. The third-order valence-corrected chi connectivity index (χ3v) is 5.54. The Morgan fingerprint density at radius 1 is 0.897 bits per heavy atom. The van der Waals surface area contributed by atoms with Crippen molar-refractivity contribution >= 4 is 22.7 Å². The Hall–Kier alpha value is -2.90. The molecule has 0 bridgehead atoms. The van der Waals surface area contributed by atoms with Gasteiger partial charge in [0.15, 0.2) is 5.82 Å². The van der Waals surface area contributed by atoms with Crippen molar-refractivity contribution in [3.05, 3.63) is 47.5 Å². The SMILES string of the molecule is Cc1nc2ccccc2nc1N1CCN(c2cc(C(F)F)nc(C3CC3)n2)CC1. The van der Waals surface area contributed by atoms with Crippen LogP contribution in [-0.4, -0.2) is 46.1 Å². The molecule has 1 saturated heterocycles. The Labute approximate surface area is 167 Å². The molecule has 0 atom stereocenters. The molecule has 0 radical (unpaired) electrons. The number of halogens is 2. The minimum Gasteiger partial charge on any atom is -0.353 e. The van der Waals surface area contributed by atoms with Crippen molar-refractivity contribution in [3.8, 4) is 0 Å². The number of nitrogens with zero attached hydrogens (tertiary/aromatic N) is 6. The Morgan fingerprint density at radius 3 is 2.21 bits per heavy atom. The van der Waals surface area contributed by atoms with Crippen LogP contribution in [0.5, 0.6) is 0 Å². The highest BCUT2D eigenvalue weighted by Crippen LogP contribution is 2.39. The van der Waals surface area contributed by atoms with E-state index in [1.807, 2.05) is 31.2 Å². The van der Waals surface area contributed by atoms with Gasteiger partial charge in [0.05, 0.1) is 16.7 Å². The van der Waals surface area contributed by atoms with Gasteiger partial charge in [0.25, 0.3) is 6.43 Å². The van der Waals surface area contributed by atoms with Gasteiger partial charge in [0.2, 0.25) is 0 Å². The van der Waals surface area contributed by atoms with Crippen molar-refractivity contribution in [2.75, 3.05) is 36.0 Å². The zero-order chi connectivity index (χ0) is 20.0. The highest BCUT2D eigenvalue weighted by Gasteiger charge is 2.30. The lowest BCUT2D eigenvalue weighted by Crippen LogP contribution is -2.47. The van der Waals surface area contributed by atoms with Crippen LogP contribution in [0.2, 0.25) is 0 Å². The van der Waals surface area contributed by atoms with Crippen LogP contribution in [0, 0.1) is 6.92 Å². The summed E-state index contributed by atoms with van der Waals surface area (Å²) in [6.45, 7) is 4.83. The molecule has 2 aliphatic rings. The van der Waals surface area contributed by atoms with E-state index < -0.39 is 6.43 Å². The average Bonchev–Trinajstić information content (AvgIpc) is 3.58. The number of piperazine rings is 1. The van der Waals surface area contributed by atoms with Gasteiger partial charge in [-0.2, -0.15) is 0 Å². The quantitative estimate of drug-likeness (QED) is 0.667. The second-order valence-electron chi connectivity index (χ2n) is 7.68. The van der Waals surface area contributed by atoms with Crippen LogP contribution in [0.25, 0.3) is 11.0 Å². The summed E-state index contributed by atoms with van der Waals surface area (Å²) in [4.78, 5) is 22.4. The van der Waals surface area contributed by atoms with Crippen molar-refractivity contribution in [2.45, 2.75) is 32.1 Å². The number of aryl methyl sites for hydroxylation is 1. The molecule has 0 N–H and O–H groups in total. The number of aromatic nitrogens is 4. The number of hydrogen-bond acceptors (Lipinski definition) is 6. The first-order chi connectivity index (χ1) is 14.1. The lowest BCUT2D eigenvalue weighted by Gasteiger charge is -2.36. The molecular weight excluding hydrogens is 374 g/mol. The monoisotopic (exact) mass is 396 g/mol.